The topological polar surface area (TPSA) is 38.7 Å². The number of hydrogen-bond acceptors (Lipinski definition) is 4. The lowest BCUT2D eigenvalue weighted by atomic mass is 10.3. The maximum Gasteiger partial charge on any atom is 0.166 e. The van der Waals surface area contributed by atoms with Gasteiger partial charge in [0.15, 0.2) is 6.29 Å². The fraction of sp³-hybridized carbons (Fsp3) is 0.400. The van der Waals surface area contributed by atoms with Crippen LogP contribution in [0.4, 0.5) is 0 Å². The highest BCUT2D eigenvalue weighted by Crippen LogP contribution is 2.21. The standard InChI is InChI=1S/C10H14O3S/c1-12-10(13-2)7-14-9-5-3-8(11)4-6-9/h3-6,10-11H,7H2,1-2H3. The third kappa shape index (κ3) is 3.57. The quantitative estimate of drug-likeness (QED) is 0.602. The van der Waals surface area contributed by atoms with Crippen LogP contribution in [-0.4, -0.2) is 31.4 Å². The summed E-state index contributed by atoms with van der Waals surface area (Å²) in [7, 11) is 3.23. The molecule has 0 bridgehead atoms. The SMILES string of the molecule is COC(CSc1ccc(O)cc1)OC. The molecule has 0 heterocycles. The molecule has 0 aliphatic carbocycles. The lowest BCUT2D eigenvalue weighted by molar-refractivity contribution is -0.0842. The Morgan fingerprint density at radius 2 is 1.79 bits per heavy atom. The van der Waals surface area contributed by atoms with Gasteiger partial charge in [-0.05, 0) is 24.3 Å². The molecule has 0 radical (unpaired) electrons. The Labute approximate surface area is 88.0 Å². The summed E-state index contributed by atoms with van der Waals surface area (Å²) < 4.78 is 10.1. The highest BCUT2D eigenvalue weighted by molar-refractivity contribution is 7.99. The molecule has 14 heavy (non-hydrogen) atoms. The van der Waals surface area contributed by atoms with Crippen LogP contribution in [0.25, 0.3) is 0 Å². The van der Waals surface area contributed by atoms with Gasteiger partial charge in [-0.25, -0.2) is 0 Å². The molecule has 0 fully saturated rings. The zero-order chi connectivity index (χ0) is 10.4. The molecular weight excluding hydrogens is 200 g/mol. The van der Waals surface area contributed by atoms with Gasteiger partial charge in [-0.15, -0.1) is 11.8 Å². The molecule has 0 unspecified atom stereocenters. The molecule has 1 aromatic rings. The molecule has 0 saturated carbocycles. The van der Waals surface area contributed by atoms with Crippen molar-refractivity contribution < 1.29 is 14.6 Å². The van der Waals surface area contributed by atoms with Gasteiger partial charge in [0, 0.05) is 24.9 Å². The molecule has 3 nitrogen and oxygen atoms in total. The number of ether oxygens (including phenoxy) is 2. The van der Waals surface area contributed by atoms with E-state index in [1.807, 2.05) is 12.1 Å². The van der Waals surface area contributed by atoms with Gasteiger partial charge in [0.05, 0.1) is 0 Å². The Morgan fingerprint density at radius 1 is 1.21 bits per heavy atom. The van der Waals surface area contributed by atoms with Crippen molar-refractivity contribution in [1.82, 2.24) is 0 Å². The van der Waals surface area contributed by atoms with Crippen LogP contribution in [0.3, 0.4) is 0 Å². The number of methoxy groups -OCH3 is 2. The van der Waals surface area contributed by atoms with Crippen LogP contribution >= 0.6 is 11.8 Å². The first kappa shape index (κ1) is 11.4. The number of benzene rings is 1. The molecule has 78 valence electrons. The van der Waals surface area contributed by atoms with E-state index in [4.69, 9.17) is 14.6 Å². The highest BCUT2D eigenvalue weighted by atomic mass is 32.2. The Balaban J connectivity index is 2.41. The summed E-state index contributed by atoms with van der Waals surface area (Å²) in [5.74, 6) is 1.02. The first-order valence-electron chi connectivity index (χ1n) is 4.23. The second kappa shape index (κ2) is 5.90. The van der Waals surface area contributed by atoms with E-state index >= 15 is 0 Å². The van der Waals surface area contributed by atoms with Gasteiger partial charge in [0.25, 0.3) is 0 Å². The monoisotopic (exact) mass is 214 g/mol. The molecular formula is C10H14O3S. The van der Waals surface area contributed by atoms with E-state index in [-0.39, 0.29) is 12.0 Å². The summed E-state index contributed by atoms with van der Waals surface area (Å²) >= 11 is 1.63. The van der Waals surface area contributed by atoms with E-state index < -0.39 is 0 Å². The zero-order valence-corrected chi connectivity index (χ0v) is 9.08. The summed E-state index contributed by atoms with van der Waals surface area (Å²) in [4.78, 5) is 1.09. The molecule has 1 rings (SSSR count). The summed E-state index contributed by atoms with van der Waals surface area (Å²) in [6, 6.07) is 7.05. The van der Waals surface area contributed by atoms with Gasteiger partial charge in [0.1, 0.15) is 5.75 Å². The van der Waals surface area contributed by atoms with Crippen molar-refractivity contribution in [2.24, 2.45) is 0 Å². The summed E-state index contributed by atoms with van der Waals surface area (Å²) in [6.45, 7) is 0. The van der Waals surface area contributed by atoms with Gasteiger partial charge < -0.3 is 14.6 Å². The minimum atomic E-state index is -0.186. The third-order valence-corrected chi connectivity index (χ3v) is 2.79. The molecule has 0 aromatic heterocycles. The Kier molecular flexibility index (Phi) is 4.79. The van der Waals surface area contributed by atoms with Crippen LogP contribution < -0.4 is 0 Å². The van der Waals surface area contributed by atoms with Crippen LogP contribution in [0.5, 0.6) is 5.75 Å². The average Bonchev–Trinajstić information content (AvgIpc) is 2.22. The first-order valence-corrected chi connectivity index (χ1v) is 5.22. The fourth-order valence-electron chi connectivity index (χ4n) is 0.939. The van der Waals surface area contributed by atoms with Gasteiger partial charge in [0.2, 0.25) is 0 Å². The van der Waals surface area contributed by atoms with Gasteiger partial charge in [-0.2, -0.15) is 0 Å². The predicted octanol–water partition coefficient (Wildman–Crippen LogP) is 2.10. The van der Waals surface area contributed by atoms with Crippen LogP contribution in [0.1, 0.15) is 0 Å². The summed E-state index contributed by atoms with van der Waals surface area (Å²) in [6.07, 6.45) is -0.186. The maximum absolute atomic E-state index is 9.07. The van der Waals surface area contributed by atoms with Gasteiger partial charge in [-0.1, -0.05) is 0 Å². The van der Waals surface area contributed by atoms with E-state index in [0.717, 1.165) is 10.6 Å². The Bertz CT molecular complexity index is 257. The fourth-order valence-corrected chi connectivity index (χ4v) is 1.87. The number of hydrogen-bond donors (Lipinski definition) is 1. The predicted molar refractivity (Wildman–Crippen MR) is 56.6 cm³/mol. The zero-order valence-electron chi connectivity index (χ0n) is 8.27. The van der Waals surface area contributed by atoms with Gasteiger partial charge >= 0.3 is 0 Å². The number of aromatic hydroxyl groups is 1. The third-order valence-electron chi connectivity index (χ3n) is 1.75. The molecule has 0 saturated heterocycles. The molecule has 4 heteroatoms. The van der Waals surface area contributed by atoms with Crippen molar-refractivity contribution in [2.75, 3.05) is 20.0 Å². The van der Waals surface area contributed by atoms with Crippen molar-refractivity contribution in [3.8, 4) is 5.75 Å². The smallest absolute Gasteiger partial charge is 0.166 e. The lowest BCUT2D eigenvalue weighted by Gasteiger charge is -2.12. The molecule has 0 aliphatic rings. The van der Waals surface area contributed by atoms with Crippen molar-refractivity contribution in [1.29, 1.82) is 0 Å². The number of phenolic OH excluding ortho intramolecular Hbond substituents is 1. The average molecular weight is 214 g/mol. The van der Waals surface area contributed by atoms with E-state index in [2.05, 4.69) is 0 Å². The van der Waals surface area contributed by atoms with Crippen molar-refractivity contribution >= 4 is 11.8 Å². The highest BCUT2D eigenvalue weighted by Gasteiger charge is 2.05. The van der Waals surface area contributed by atoms with Gasteiger partial charge in [-0.3, -0.25) is 0 Å². The van der Waals surface area contributed by atoms with E-state index in [0.29, 0.717) is 0 Å². The second-order valence-corrected chi connectivity index (χ2v) is 3.80. The van der Waals surface area contributed by atoms with Crippen LogP contribution in [0.2, 0.25) is 0 Å². The number of thioether (sulfide) groups is 1. The van der Waals surface area contributed by atoms with Crippen LogP contribution in [0, 0.1) is 0 Å². The molecule has 0 amide bonds. The lowest BCUT2D eigenvalue weighted by Crippen LogP contribution is -2.15. The van der Waals surface area contributed by atoms with E-state index in [1.165, 1.54) is 0 Å². The van der Waals surface area contributed by atoms with Crippen molar-refractivity contribution in [3.63, 3.8) is 0 Å². The van der Waals surface area contributed by atoms with Crippen molar-refractivity contribution in [2.45, 2.75) is 11.2 Å². The van der Waals surface area contributed by atoms with Crippen LogP contribution in [0.15, 0.2) is 29.2 Å². The number of rotatable bonds is 5. The summed E-state index contributed by atoms with van der Waals surface area (Å²) in [5, 5.41) is 9.07. The first-order chi connectivity index (χ1) is 6.76. The van der Waals surface area contributed by atoms with Crippen molar-refractivity contribution in [3.05, 3.63) is 24.3 Å². The minimum Gasteiger partial charge on any atom is -0.508 e. The summed E-state index contributed by atoms with van der Waals surface area (Å²) in [5.41, 5.74) is 0. The molecule has 0 aliphatic heterocycles. The van der Waals surface area contributed by atoms with Crippen LogP contribution in [-0.2, 0) is 9.47 Å². The number of phenols is 1. The van der Waals surface area contributed by atoms with E-state index in [9.17, 15) is 0 Å². The second-order valence-electron chi connectivity index (χ2n) is 2.71. The molecule has 1 N–H and O–H groups in total. The largest absolute Gasteiger partial charge is 0.508 e. The minimum absolute atomic E-state index is 0.186. The molecule has 1 aromatic carbocycles. The maximum atomic E-state index is 9.07. The Hall–Kier alpha value is -0.710. The molecule has 0 atom stereocenters. The normalized spacial score (nSPS) is 10.8. The van der Waals surface area contributed by atoms with E-state index in [1.54, 1.807) is 38.1 Å². The molecule has 0 spiro atoms. The Morgan fingerprint density at radius 3 is 2.29 bits per heavy atom.